The van der Waals surface area contributed by atoms with Crippen LogP contribution >= 0.6 is 0 Å². The van der Waals surface area contributed by atoms with Crippen LogP contribution in [0.4, 0.5) is 0 Å². The minimum atomic E-state index is 0.806. The molecule has 0 amide bonds. The van der Waals surface area contributed by atoms with Crippen LogP contribution in [-0.4, -0.2) is 16.6 Å². The Kier molecular flexibility index (Phi) is 1.80. The van der Waals surface area contributed by atoms with Crippen LogP contribution in [0.3, 0.4) is 0 Å². The molecule has 62 valence electrons. The first kappa shape index (κ1) is 7.31. The molecule has 0 radical (unpaired) electrons. The van der Waals surface area contributed by atoms with E-state index in [2.05, 4.69) is 27.0 Å². The molecular weight excluding hydrogens is 150 g/mol. The van der Waals surface area contributed by atoms with Gasteiger partial charge in [-0.25, -0.2) is 4.98 Å². The molecule has 2 rings (SSSR count). The van der Waals surface area contributed by atoms with Gasteiger partial charge in [0.25, 0.3) is 0 Å². The zero-order chi connectivity index (χ0) is 8.39. The van der Waals surface area contributed by atoms with Crippen molar-refractivity contribution in [2.24, 2.45) is 0 Å². The summed E-state index contributed by atoms with van der Waals surface area (Å²) in [6.07, 6.45) is 3.85. The first-order valence-corrected chi connectivity index (χ1v) is 3.96. The Morgan fingerprint density at radius 3 is 3.25 bits per heavy atom. The number of fused-ring (bicyclic) bond motifs is 1. The van der Waals surface area contributed by atoms with Crippen LogP contribution in [-0.2, 0) is 6.67 Å². The Bertz CT molecular complexity index is 378. The van der Waals surface area contributed by atoms with Crippen molar-refractivity contribution in [3.05, 3.63) is 30.6 Å². The second-order valence-corrected chi connectivity index (χ2v) is 2.71. The Balaban J connectivity index is 2.55. The van der Waals surface area contributed by atoms with Crippen LogP contribution in [0.1, 0.15) is 0 Å². The highest BCUT2D eigenvalue weighted by Crippen LogP contribution is 2.10. The van der Waals surface area contributed by atoms with Crippen LogP contribution in [0.15, 0.2) is 30.6 Å². The van der Waals surface area contributed by atoms with Gasteiger partial charge < -0.3 is 9.88 Å². The van der Waals surface area contributed by atoms with E-state index in [-0.39, 0.29) is 0 Å². The second-order valence-electron chi connectivity index (χ2n) is 2.71. The SMILES string of the molecule is CNCn1ccc2cccnc21. The summed E-state index contributed by atoms with van der Waals surface area (Å²) < 4.78 is 2.08. The fourth-order valence-corrected chi connectivity index (χ4v) is 1.32. The Labute approximate surface area is 71.0 Å². The van der Waals surface area contributed by atoms with E-state index in [0.717, 1.165) is 12.3 Å². The van der Waals surface area contributed by atoms with Crippen molar-refractivity contribution in [1.82, 2.24) is 14.9 Å². The number of hydrogen-bond donors (Lipinski definition) is 1. The predicted octanol–water partition coefficient (Wildman–Crippen LogP) is 1.21. The van der Waals surface area contributed by atoms with Crippen molar-refractivity contribution < 1.29 is 0 Å². The van der Waals surface area contributed by atoms with E-state index in [9.17, 15) is 0 Å². The molecule has 0 aliphatic carbocycles. The molecule has 0 aromatic carbocycles. The van der Waals surface area contributed by atoms with Gasteiger partial charge in [0, 0.05) is 17.8 Å². The lowest BCUT2D eigenvalue weighted by molar-refractivity contribution is 0.633. The molecule has 1 N–H and O–H groups in total. The van der Waals surface area contributed by atoms with E-state index < -0.39 is 0 Å². The molecule has 3 nitrogen and oxygen atoms in total. The van der Waals surface area contributed by atoms with E-state index in [1.807, 2.05) is 25.5 Å². The van der Waals surface area contributed by atoms with Crippen molar-refractivity contribution in [2.45, 2.75) is 6.67 Å². The number of hydrogen-bond acceptors (Lipinski definition) is 2. The molecule has 0 unspecified atom stereocenters. The summed E-state index contributed by atoms with van der Waals surface area (Å²) in [7, 11) is 1.93. The van der Waals surface area contributed by atoms with Crippen LogP contribution in [0.25, 0.3) is 11.0 Å². The van der Waals surface area contributed by atoms with Crippen LogP contribution in [0.2, 0.25) is 0 Å². The molecule has 0 fully saturated rings. The van der Waals surface area contributed by atoms with Crippen molar-refractivity contribution >= 4 is 11.0 Å². The van der Waals surface area contributed by atoms with Crippen molar-refractivity contribution in [1.29, 1.82) is 0 Å². The third-order valence-corrected chi connectivity index (χ3v) is 1.85. The van der Waals surface area contributed by atoms with Crippen molar-refractivity contribution in [2.75, 3.05) is 7.05 Å². The lowest BCUT2D eigenvalue weighted by atomic mass is 10.3. The number of pyridine rings is 1. The number of aromatic nitrogens is 2. The summed E-state index contributed by atoms with van der Waals surface area (Å²) in [5.41, 5.74) is 1.03. The number of rotatable bonds is 2. The van der Waals surface area contributed by atoms with Crippen LogP contribution < -0.4 is 5.32 Å². The average molecular weight is 161 g/mol. The molecule has 2 aromatic rings. The fraction of sp³-hybridized carbons (Fsp3) is 0.222. The van der Waals surface area contributed by atoms with Gasteiger partial charge in [-0.2, -0.15) is 0 Å². The molecule has 2 heterocycles. The number of nitrogens with one attached hydrogen (secondary N) is 1. The zero-order valence-electron chi connectivity index (χ0n) is 6.99. The summed E-state index contributed by atoms with van der Waals surface area (Å²) in [6, 6.07) is 6.08. The lowest BCUT2D eigenvalue weighted by Crippen LogP contribution is -2.11. The van der Waals surface area contributed by atoms with Gasteiger partial charge in [0.2, 0.25) is 0 Å². The minimum Gasteiger partial charge on any atom is -0.319 e. The van der Waals surface area contributed by atoms with E-state index >= 15 is 0 Å². The molecule has 0 aliphatic rings. The van der Waals surface area contributed by atoms with E-state index in [1.165, 1.54) is 5.39 Å². The molecule has 0 atom stereocenters. The topological polar surface area (TPSA) is 29.9 Å². The monoisotopic (exact) mass is 161 g/mol. The minimum absolute atomic E-state index is 0.806. The maximum Gasteiger partial charge on any atom is 0.140 e. The molecule has 2 aromatic heterocycles. The maximum absolute atomic E-state index is 4.28. The van der Waals surface area contributed by atoms with Gasteiger partial charge in [0.05, 0.1) is 6.67 Å². The van der Waals surface area contributed by atoms with Gasteiger partial charge in [0.15, 0.2) is 0 Å². The Morgan fingerprint density at radius 2 is 2.42 bits per heavy atom. The Hall–Kier alpha value is -1.35. The highest BCUT2D eigenvalue weighted by molar-refractivity contribution is 5.75. The van der Waals surface area contributed by atoms with Crippen LogP contribution in [0.5, 0.6) is 0 Å². The summed E-state index contributed by atoms with van der Waals surface area (Å²) in [4.78, 5) is 4.28. The van der Waals surface area contributed by atoms with Crippen LogP contribution in [0, 0.1) is 0 Å². The van der Waals surface area contributed by atoms with Gasteiger partial charge in [0.1, 0.15) is 5.65 Å². The van der Waals surface area contributed by atoms with Gasteiger partial charge >= 0.3 is 0 Å². The maximum atomic E-state index is 4.28. The smallest absolute Gasteiger partial charge is 0.140 e. The molecule has 12 heavy (non-hydrogen) atoms. The molecule has 0 aliphatic heterocycles. The van der Waals surface area contributed by atoms with Gasteiger partial charge in [-0.15, -0.1) is 0 Å². The van der Waals surface area contributed by atoms with Crippen molar-refractivity contribution in [3.63, 3.8) is 0 Å². The third-order valence-electron chi connectivity index (χ3n) is 1.85. The van der Waals surface area contributed by atoms with Gasteiger partial charge in [-0.3, -0.25) is 0 Å². The lowest BCUT2D eigenvalue weighted by Gasteiger charge is -2.01. The standard InChI is InChI=1S/C9H11N3/c1-10-7-12-6-4-8-3-2-5-11-9(8)12/h2-6,10H,7H2,1H3. The van der Waals surface area contributed by atoms with E-state index in [1.54, 1.807) is 0 Å². The zero-order valence-corrected chi connectivity index (χ0v) is 6.99. The Morgan fingerprint density at radius 1 is 1.50 bits per heavy atom. The average Bonchev–Trinajstić information content (AvgIpc) is 2.50. The highest BCUT2D eigenvalue weighted by Gasteiger charge is 1.98. The second kappa shape index (κ2) is 2.95. The largest absolute Gasteiger partial charge is 0.319 e. The summed E-state index contributed by atoms with van der Waals surface area (Å²) >= 11 is 0. The normalized spacial score (nSPS) is 10.8. The molecule has 0 bridgehead atoms. The quantitative estimate of drug-likeness (QED) is 0.717. The first-order valence-electron chi connectivity index (χ1n) is 3.96. The highest BCUT2D eigenvalue weighted by atomic mass is 15.1. The predicted molar refractivity (Wildman–Crippen MR) is 48.8 cm³/mol. The fourth-order valence-electron chi connectivity index (χ4n) is 1.32. The summed E-state index contributed by atoms with van der Waals surface area (Å²) in [6.45, 7) is 0.806. The van der Waals surface area contributed by atoms with Gasteiger partial charge in [-0.1, -0.05) is 0 Å². The molecular formula is C9H11N3. The van der Waals surface area contributed by atoms with Gasteiger partial charge in [-0.05, 0) is 25.2 Å². The summed E-state index contributed by atoms with van der Waals surface area (Å²) in [5, 5.41) is 4.27. The molecule has 0 spiro atoms. The van der Waals surface area contributed by atoms with E-state index in [4.69, 9.17) is 0 Å². The number of nitrogens with zero attached hydrogens (tertiary/aromatic N) is 2. The first-order chi connectivity index (χ1) is 5.92. The summed E-state index contributed by atoms with van der Waals surface area (Å²) in [5.74, 6) is 0. The molecule has 3 heteroatoms. The molecule has 0 saturated heterocycles. The third kappa shape index (κ3) is 1.08. The molecule has 0 saturated carbocycles. The van der Waals surface area contributed by atoms with Crippen molar-refractivity contribution in [3.8, 4) is 0 Å². The van der Waals surface area contributed by atoms with E-state index in [0.29, 0.717) is 0 Å².